The number of rotatable bonds is 14. The van der Waals surface area contributed by atoms with Crippen molar-refractivity contribution in [3.8, 4) is 5.75 Å². The van der Waals surface area contributed by atoms with E-state index in [1.165, 1.54) is 36.4 Å². The van der Waals surface area contributed by atoms with Gasteiger partial charge in [0.1, 0.15) is 21.2 Å². The van der Waals surface area contributed by atoms with Gasteiger partial charge in [0, 0.05) is 23.6 Å². The van der Waals surface area contributed by atoms with Crippen LogP contribution in [0, 0.1) is 17.0 Å². The summed E-state index contributed by atoms with van der Waals surface area (Å²) in [6, 6.07) is 14.2. The van der Waals surface area contributed by atoms with E-state index in [4.69, 9.17) is 10.8 Å². The fraction of sp³-hybridized carbons (Fsp3) is 0.0882. The number of aryl methyl sites for hydroxylation is 1. The van der Waals surface area contributed by atoms with E-state index in [1.54, 1.807) is 13.0 Å². The average molecular weight is 850 g/mol. The first-order chi connectivity index (χ1) is 27.6. The Kier molecular flexibility index (Phi) is 12.2. The number of carbonyl (C=O) groups is 3. The van der Waals surface area contributed by atoms with Crippen LogP contribution in [0.3, 0.4) is 0 Å². The lowest BCUT2D eigenvalue weighted by molar-refractivity contribution is -0.384. The quantitative estimate of drug-likeness (QED) is 0.0186. The van der Waals surface area contributed by atoms with Crippen LogP contribution in [0.4, 0.5) is 51.2 Å². The first kappa shape index (κ1) is 42.5. The summed E-state index contributed by atoms with van der Waals surface area (Å²) in [5, 5.41) is 65.4. The van der Waals surface area contributed by atoms with E-state index in [2.05, 4.69) is 36.0 Å². The van der Waals surface area contributed by atoms with E-state index in [0.29, 0.717) is 23.4 Å². The molecule has 0 aliphatic carbocycles. The SMILES string of the molecule is Cc1cc(N=Nc2cc(S(=O)(=O)O)c3cc(S(=O)(=O)O)c(N=Nc4ccc(NC(=O)CCC(=O)O)cc4[N+](=O)[O-])c(O)c3c2N)ccc1N=Nc1cccc(C(=O)O)c1. The van der Waals surface area contributed by atoms with E-state index in [9.17, 15) is 60.7 Å². The largest absolute Gasteiger partial charge is 0.505 e. The number of benzene rings is 5. The van der Waals surface area contributed by atoms with E-state index in [0.717, 1.165) is 18.2 Å². The standard InChI is InChI=1S/C34H27N9O14S2/c1-16-11-20(6-7-22(16)39-37-19-4-2-3-17(12-19)34(48)49)38-41-24-15-26(58(52,53)54)21-14-27(59(55,56)57)32(33(47)30(21)31(24)35)42-40-23-8-5-18(13-25(23)43(50)51)36-28(44)9-10-29(45)46/h2-8,11-15,47H,9-10,35H2,1H3,(H,36,44)(H,45,46)(H,48,49)(H,52,53,54)(H,55,56,57). The fourth-order valence-corrected chi connectivity index (χ4v) is 6.56. The highest BCUT2D eigenvalue weighted by atomic mass is 32.2. The number of phenols is 1. The second-order valence-corrected chi connectivity index (χ2v) is 14.9. The van der Waals surface area contributed by atoms with Crippen molar-refractivity contribution < 1.29 is 60.6 Å². The molecule has 0 atom stereocenters. The Morgan fingerprint density at radius 1 is 0.763 bits per heavy atom. The first-order valence-electron chi connectivity index (χ1n) is 16.2. The van der Waals surface area contributed by atoms with Crippen molar-refractivity contribution in [2.24, 2.45) is 30.7 Å². The van der Waals surface area contributed by atoms with Gasteiger partial charge in [-0.2, -0.15) is 32.2 Å². The number of aromatic hydroxyl groups is 1. The van der Waals surface area contributed by atoms with Crippen molar-refractivity contribution >= 4 is 100 Å². The first-order valence-corrected chi connectivity index (χ1v) is 19.1. The molecule has 25 heteroatoms. The van der Waals surface area contributed by atoms with Crippen LogP contribution in [-0.2, 0) is 29.8 Å². The van der Waals surface area contributed by atoms with Crippen molar-refractivity contribution in [1.29, 1.82) is 0 Å². The number of azo groups is 3. The molecule has 0 heterocycles. The summed E-state index contributed by atoms with van der Waals surface area (Å²) in [7, 11) is -10.7. The third-order valence-electron chi connectivity index (χ3n) is 7.97. The van der Waals surface area contributed by atoms with Crippen LogP contribution in [0.15, 0.2) is 113 Å². The third-order valence-corrected chi connectivity index (χ3v) is 9.73. The number of hydrogen-bond donors (Lipinski definition) is 7. The monoisotopic (exact) mass is 849 g/mol. The molecule has 0 aliphatic rings. The Bertz CT molecular complexity index is 2920. The van der Waals surface area contributed by atoms with Gasteiger partial charge < -0.3 is 26.4 Å². The molecule has 23 nitrogen and oxygen atoms in total. The number of nitro benzene ring substituents is 1. The Balaban J connectivity index is 1.58. The number of carbonyl (C=O) groups excluding carboxylic acids is 1. The van der Waals surface area contributed by atoms with Crippen LogP contribution in [0.2, 0.25) is 0 Å². The number of phenolic OH excluding ortho intramolecular Hbond substituents is 1. The normalized spacial score (nSPS) is 12.1. The van der Waals surface area contributed by atoms with Gasteiger partial charge in [0.15, 0.2) is 11.4 Å². The van der Waals surface area contributed by atoms with Crippen molar-refractivity contribution in [2.75, 3.05) is 11.1 Å². The molecule has 0 aliphatic heterocycles. The van der Waals surface area contributed by atoms with Gasteiger partial charge in [0.25, 0.3) is 25.9 Å². The predicted octanol–water partition coefficient (Wildman–Crippen LogP) is 7.59. The number of nitrogens with two attached hydrogens (primary N) is 1. The lowest BCUT2D eigenvalue weighted by Gasteiger charge is -2.14. The molecule has 304 valence electrons. The minimum atomic E-state index is -5.41. The van der Waals surface area contributed by atoms with Gasteiger partial charge in [-0.1, -0.05) is 6.07 Å². The minimum Gasteiger partial charge on any atom is -0.505 e. The minimum absolute atomic E-state index is 0.00221. The second-order valence-electron chi connectivity index (χ2n) is 12.1. The maximum atomic E-state index is 12.6. The molecule has 0 fully saturated rings. The molecule has 0 unspecified atom stereocenters. The van der Waals surface area contributed by atoms with Crippen LogP contribution in [0.25, 0.3) is 10.8 Å². The molecule has 8 N–H and O–H groups in total. The van der Waals surface area contributed by atoms with Crippen LogP contribution in [0.5, 0.6) is 5.75 Å². The highest BCUT2D eigenvalue weighted by Gasteiger charge is 2.29. The third kappa shape index (κ3) is 10.0. The fourth-order valence-electron chi connectivity index (χ4n) is 5.22. The number of hydrogen-bond acceptors (Lipinski definition) is 17. The molecule has 59 heavy (non-hydrogen) atoms. The molecule has 0 saturated carbocycles. The lowest BCUT2D eigenvalue weighted by atomic mass is 10.0. The number of amides is 1. The van der Waals surface area contributed by atoms with Crippen LogP contribution >= 0.6 is 0 Å². The van der Waals surface area contributed by atoms with Gasteiger partial charge in [-0.25, -0.2) is 4.79 Å². The van der Waals surface area contributed by atoms with E-state index < -0.39 is 111 Å². The van der Waals surface area contributed by atoms with E-state index in [-0.39, 0.29) is 22.6 Å². The molecule has 5 aromatic carbocycles. The molecular weight excluding hydrogens is 823 g/mol. The van der Waals surface area contributed by atoms with Crippen LogP contribution < -0.4 is 11.1 Å². The van der Waals surface area contributed by atoms with Gasteiger partial charge in [-0.05, 0) is 73.2 Å². The number of carboxylic acids is 2. The zero-order valence-corrected chi connectivity index (χ0v) is 31.4. The number of nitrogens with zero attached hydrogens (tertiary/aromatic N) is 7. The number of anilines is 2. The van der Waals surface area contributed by atoms with Gasteiger partial charge in [0.05, 0.1) is 45.0 Å². The van der Waals surface area contributed by atoms with Crippen molar-refractivity contribution in [3.63, 3.8) is 0 Å². The summed E-state index contributed by atoms with van der Waals surface area (Å²) < 4.78 is 70.3. The van der Waals surface area contributed by atoms with Crippen molar-refractivity contribution in [2.45, 2.75) is 29.6 Å². The summed E-state index contributed by atoms with van der Waals surface area (Å²) in [4.78, 5) is 42.6. The zero-order valence-electron chi connectivity index (χ0n) is 29.8. The number of nitrogens with one attached hydrogen (secondary N) is 1. The average Bonchev–Trinajstić information content (AvgIpc) is 3.15. The Hall–Kier alpha value is -7.61. The molecule has 0 saturated heterocycles. The van der Waals surface area contributed by atoms with Crippen LogP contribution in [-0.4, -0.2) is 64.0 Å². The van der Waals surface area contributed by atoms with Crippen molar-refractivity contribution in [1.82, 2.24) is 0 Å². The molecule has 0 bridgehead atoms. The molecule has 1 amide bonds. The molecular formula is C34H27N9O14S2. The van der Waals surface area contributed by atoms with Gasteiger partial charge in [-0.3, -0.25) is 28.8 Å². The van der Waals surface area contributed by atoms with Crippen molar-refractivity contribution in [3.05, 3.63) is 94.0 Å². The maximum absolute atomic E-state index is 12.6. The molecule has 5 rings (SSSR count). The number of aromatic carboxylic acids is 1. The maximum Gasteiger partial charge on any atom is 0.335 e. The number of carboxylic acid groups (broad SMARTS) is 2. The predicted molar refractivity (Wildman–Crippen MR) is 205 cm³/mol. The Morgan fingerprint density at radius 3 is 2.00 bits per heavy atom. The van der Waals surface area contributed by atoms with Crippen LogP contribution in [0.1, 0.15) is 28.8 Å². The summed E-state index contributed by atoms with van der Waals surface area (Å²) in [6.45, 7) is 1.63. The Morgan fingerprint density at radius 2 is 1.39 bits per heavy atom. The lowest BCUT2D eigenvalue weighted by Crippen LogP contribution is -2.13. The topological polar surface area (TPSA) is 376 Å². The highest BCUT2D eigenvalue weighted by Crippen LogP contribution is 2.48. The van der Waals surface area contributed by atoms with Gasteiger partial charge in [-0.15, -0.1) is 15.3 Å². The summed E-state index contributed by atoms with van der Waals surface area (Å²) in [5.74, 6) is -4.43. The molecule has 5 aromatic rings. The molecule has 0 spiro atoms. The summed E-state index contributed by atoms with van der Waals surface area (Å²) in [6.07, 6.45) is -0.975. The zero-order chi connectivity index (χ0) is 43.4. The van der Waals surface area contributed by atoms with Gasteiger partial charge in [0.2, 0.25) is 5.91 Å². The molecule has 0 aromatic heterocycles. The van der Waals surface area contributed by atoms with E-state index in [1.807, 2.05) is 0 Å². The smallest absolute Gasteiger partial charge is 0.335 e. The summed E-state index contributed by atoms with van der Waals surface area (Å²) in [5.41, 5.74) is 3.88. The Labute approximate surface area is 330 Å². The number of nitro groups is 1. The number of nitrogen functional groups attached to an aromatic ring is 1. The van der Waals surface area contributed by atoms with E-state index >= 15 is 0 Å². The molecule has 0 radical (unpaired) electrons. The van der Waals surface area contributed by atoms with Gasteiger partial charge >= 0.3 is 11.9 Å². The second kappa shape index (κ2) is 16.9. The number of aliphatic carboxylic acids is 1. The highest BCUT2D eigenvalue weighted by molar-refractivity contribution is 7.86. The number of fused-ring (bicyclic) bond motifs is 1. The summed E-state index contributed by atoms with van der Waals surface area (Å²) >= 11 is 0.